The Bertz CT molecular complexity index is 525. The van der Waals surface area contributed by atoms with E-state index in [2.05, 4.69) is 29.8 Å². The van der Waals surface area contributed by atoms with Crippen molar-refractivity contribution in [2.75, 3.05) is 20.8 Å². The molecule has 1 heterocycles. The highest BCUT2D eigenvalue weighted by Crippen LogP contribution is 2.33. The Balaban J connectivity index is 2.09. The first kappa shape index (κ1) is 14.9. The van der Waals surface area contributed by atoms with Crippen LogP contribution in [0.4, 0.5) is 0 Å². The Kier molecular flexibility index (Phi) is 5.44. The van der Waals surface area contributed by atoms with Gasteiger partial charge in [0.15, 0.2) is 0 Å². The fourth-order valence-electron chi connectivity index (χ4n) is 2.12. The van der Waals surface area contributed by atoms with Crippen LogP contribution in [0, 0.1) is 0 Å². The normalized spacial score (nSPS) is 12.2. The third-order valence-electron chi connectivity index (χ3n) is 3.30. The van der Waals surface area contributed by atoms with Gasteiger partial charge in [-0.25, -0.2) is 0 Å². The third-order valence-corrected chi connectivity index (χ3v) is 4.23. The van der Waals surface area contributed by atoms with Gasteiger partial charge in [0.05, 0.1) is 19.3 Å². The Morgan fingerprint density at radius 1 is 1.20 bits per heavy atom. The third kappa shape index (κ3) is 3.52. The molecule has 2 aromatic rings. The second kappa shape index (κ2) is 7.31. The lowest BCUT2D eigenvalue weighted by Crippen LogP contribution is -2.15. The highest BCUT2D eigenvalue weighted by atomic mass is 32.1. The summed E-state index contributed by atoms with van der Waals surface area (Å²) in [4.78, 5) is 1.34. The monoisotopic (exact) mass is 291 g/mol. The van der Waals surface area contributed by atoms with E-state index in [0.29, 0.717) is 6.61 Å². The Labute approximate surface area is 124 Å². The van der Waals surface area contributed by atoms with Gasteiger partial charge in [0.25, 0.3) is 0 Å². The van der Waals surface area contributed by atoms with Crippen LogP contribution in [0.2, 0.25) is 0 Å². The van der Waals surface area contributed by atoms with Gasteiger partial charge in [-0.2, -0.15) is 0 Å². The number of rotatable bonds is 7. The molecule has 4 heteroatoms. The number of thiophene rings is 1. The minimum atomic E-state index is 0.183. The lowest BCUT2D eigenvalue weighted by Gasteiger charge is -2.19. The molecule has 1 aromatic carbocycles. The second-order valence-corrected chi connectivity index (χ2v) is 5.59. The van der Waals surface area contributed by atoms with E-state index in [4.69, 9.17) is 9.47 Å². The van der Waals surface area contributed by atoms with Gasteiger partial charge >= 0.3 is 0 Å². The number of nitrogens with one attached hydrogen (secondary N) is 1. The number of hydrogen-bond acceptors (Lipinski definition) is 4. The van der Waals surface area contributed by atoms with Gasteiger partial charge in [0, 0.05) is 17.3 Å². The van der Waals surface area contributed by atoms with E-state index in [1.807, 2.05) is 25.2 Å². The van der Waals surface area contributed by atoms with Crippen molar-refractivity contribution in [3.8, 4) is 11.5 Å². The van der Waals surface area contributed by atoms with Crippen LogP contribution < -0.4 is 14.8 Å². The van der Waals surface area contributed by atoms with Gasteiger partial charge in [0.1, 0.15) is 11.5 Å². The zero-order chi connectivity index (χ0) is 14.4. The Hall–Kier alpha value is -1.52. The summed E-state index contributed by atoms with van der Waals surface area (Å²) in [6.07, 6.45) is 0.933. The molecule has 1 N–H and O–H groups in total. The molecule has 1 atom stereocenters. The molecule has 108 valence electrons. The molecule has 20 heavy (non-hydrogen) atoms. The van der Waals surface area contributed by atoms with Crippen LogP contribution in [-0.4, -0.2) is 20.8 Å². The molecule has 0 radical (unpaired) electrons. The molecule has 0 saturated heterocycles. The molecule has 0 saturated carbocycles. The summed E-state index contributed by atoms with van der Waals surface area (Å²) in [5.74, 6) is 1.75. The standard InChI is InChI=1S/C16H21NO2S/c1-12(17-2)16-14(18-3)7-4-8-15(16)19-10-9-13-6-5-11-20-13/h4-8,11-12,17H,9-10H2,1-3H3. The van der Waals surface area contributed by atoms with Gasteiger partial charge in [-0.3, -0.25) is 0 Å². The quantitative estimate of drug-likeness (QED) is 0.844. The van der Waals surface area contributed by atoms with Crippen molar-refractivity contribution < 1.29 is 9.47 Å². The molecule has 0 aliphatic carbocycles. The van der Waals surface area contributed by atoms with Crippen molar-refractivity contribution >= 4 is 11.3 Å². The fourth-order valence-corrected chi connectivity index (χ4v) is 2.81. The van der Waals surface area contributed by atoms with E-state index in [0.717, 1.165) is 23.5 Å². The molecule has 0 fully saturated rings. The molecule has 0 aliphatic heterocycles. The molecule has 1 aromatic heterocycles. The second-order valence-electron chi connectivity index (χ2n) is 4.56. The van der Waals surface area contributed by atoms with Crippen molar-refractivity contribution in [1.82, 2.24) is 5.32 Å². The predicted octanol–water partition coefficient (Wildman–Crippen LogP) is 3.66. The van der Waals surface area contributed by atoms with E-state index in [1.165, 1.54) is 4.88 Å². The van der Waals surface area contributed by atoms with E-state index in [-0.39, 0.29) is 6.04 Å². The summed E-state index contributed by atoms with van der Waals surface area (Å²) in [7, 11) is 3.63. The number of hydrogen-bond donors (Lipinski definition) is 1. The zero-order valence-corrected chi connectivity index (χ0v) is 13.0. The lowest BCUT2D eigenvalue weighted by atomic mass is 10.1. The molecular weight excluding hydrogens is 270 g/mol. The summed E-state index contributed by atoms with van der Waals surface area (Å²) >= 11 is 1.76. The summed E-state index contributed by atoms with van der Waals surface area (Å²) in [6, 6.07) is 10.3. The average Bonchev–Trinajstić information content (AvgIpc) is 2.99. The van der Waals surface area contributed by atoms with E-state index in [1.54, 1.807) is 18.4 Å². The smallest absolute Gasteiger partial charge is 0.127 e. The topological polar surface area (TPSA) is 30.5 Å². The van der Waals surface area contributed by atoms with Gasteiger partial charge in [-0.1, -0.05) is 12.1 Å². The van der Waals surface area contributed by atoms with E-state index in [9.17, 15) is 0 Å². The van der Waals surface area contributed by atoms with Gasteiger partial charge in [0.2, 0.25) is 0 Å². The highest BCUT2D eigenvalue weighted by molar-refractivity contribution is 7.09. The Morgan fingerprint density at radius 3 is 2.65 bits per heavy atom. The SMILES string of the molecule is CNC(C)c1c(OC)cccc1OCCc1cccs1. The van der Waals surface area contributed by atoms with Crippen molar-refractivity contribution in [2.45, 2.75) is 19.4 Å². The van der Waals surface area contributed by atoms with Gasteiger partial charge in [-0.15, -0.1) is 11.3 Å². The van der Waals surface area contributed by atoms with Crippen LogP contribution in [0.25, 0.3) is 0 Å². The highest BCUT2D eigenvalue weighted by Gasteiger charge is 2.15. The largest absolute Gasteiger partial charge is 0.496 e. The van der Waals surface area contributed by atoms with Crippen molar-refractivity contribution in [3.05, 3.63) is 46.2 Å². The minimum Gasteiger partial charge on any atom is -0.496 e. The summed E-state index contributed by atoms with van der Waals surface area (Å²) in [5.41, 5.74) is 1.07. The minimum absolute atomic E-state index is 0.183. The van der Waals surface area contributed by atoms with Gasteiger partial charge < -0.3 is 14.8 Å². The molecule has 3 nitrogen and oxygen atoms in total. The molecule has 2 rings (SSSR count). The van der Waals surface area contributed by atoms with Crippen LogP contribution in [0.1, 0.15) is 23.4 Å². The number of methoxy groups -OCH3 is 1. The maximum absolute atomic E-state index is 5.96. The molecule has 0 amide bonds. The average molecular weight is 291 g/mol. The van der Waals surface area contributed by atoms with Crippen molar-refractivity contribution in [2.24, 2.45) is 0 Å². The van der Waals surface area contributed by atoms with E-state index >= 15 is 0 Å². The van der Waals surface area contributed by atoms with E-state index < -0.39 is 0 Å². The summed E-state index contributed by atoms with van der Waals surface area (Å²) in [5, 5.41) is 5.34. The molecular formula is C16H21NO2S. The number of ether oxygens (including phenoxy) is 2. The first-order valence-electron chi connectivity index (χ1n) is 6.75. The van der Waals surface area contributed by atoms with Crippen molar-refractivity contribution in [1.29, 1.82) is 0 Å². The first-order chi connectivity index (χ1) is 9.76. The summed E-state index contributed by atoms with van der Waals surface area (Å²) < 4.78 is 11.4. The molecule has 1 unspecified atom stereocenters. The van der Waals surface area contributed by atoms with Crippen LogP contribution >= 0.6 is 11.3 Å². The zero-order valence-electron chi connectivity index (χ0n) is 12.2. The van der Waals surface area contributed by atoms with Crippen LogP contribution in [0.15, 0.2) is 35.7 Å². The van der Waals surface area contributed by atoms with Crippen LogP contribution in [-0.2, 0) is 6.42 Å². The van der Waals surface area contributed by atoms with Crippen molar-refractivity contribution in [3.63, 3.8) is 0 Å². The Morgan fingerprint density at radius 2 is 2.00 bits per heavy atom. The first-order valence-corrected chi connectivity index (χ1v) is 7.63. The maximum Gasteiger partial charge on any atom is 0.127 e. The summed E-state index contributed by atoms with van der Waals surface area (Å²) in [6.45, 7) is 2.78. The number of benzene rings is 1. The van der Waals surface area contributed by atoms with Gasteiger partial charge in [-0.05, 0) is 37.6 Å². The maximum atomic E-state index is 5.96. The van der Waals surface area contributed by atoms with Crippen LogP contribution in [0.5, 0.6) is 11.5 Å². The fraction of sp³-hybridized carbons (Fsp3) is 0.375. The van der Waals surface area contributed by atoms with Crippen LogP contribution in [0.3, 0.4) is 0 Å². The molecule has 0 aliphatic rings. The molecule has 0 bridgehead atoms. The molecule has 0 spiro atoms. The lowest BCUT2D eigenvalue weighted by molar-refractivity contribution is 0.311. The predicted molar refractivity (Wildman–Crippen MR) is 84.0 cm³/mol.